The summed E-state index contributed by atoms with van der Waals surface area (Å²) in [6, 6.07) is 12.2. The molecule has 1 aromatic heterocycles. The average Bonchev–Trinajstić information content (AvgIpc) is 3.37. The molecule has 0 atom stereocenters. The molecule has 1 amide bonds. The van der Waals surface area contributed by atoms with Gasteiger partial charge in [-0.15, -0.1) is 28.3 Å². The first-order valence-electron chi connectivity index (χ1n) is 8.40. The summed E-state index contributed by atoms with van der Waals surface area (Å²) in [6.07, 6.45) is 0.874. The molecule has 0 unspecified atom stereocenters. The highest BCUT2D eigenvalue weighted by Crippen LogP contribution is 2.34. The van der Waals surface area contributed by atoms with E-state index in [2.05, 4.69) is 11.1 Å². The van der Waals surface area contributed by atoms with Crippen LogP contribution in [0.25, 0.3) is 11.3 Å². The third-order valence-electron chi connectivity index (χ3n) is 4.73. The van der Waals surface area contributed by atoms with Crippen LogP contribution in [0.5, 0.6) is 5.75 Å². The molecule has 5 rings (SSSR count). The van der Waals surface area contributed by atoms with Crippen molar-refractivity contribution in [3.63, 3.8) is 0 Å². The third-order valence-corrected chi connectivity index (χ3v) is 7.35. The standard InChI is InChI=1S/C19H14N2O4S2.BrH/c22-19-14-3-1-2-4-17(14)27(23,24)21(19)10-18-20-15(11-26-18)12-5-6-16-13(9-12)7-8-25-16;/h1-6,9,11H,7-8,10H2;1H. The van der Waals surface area contributed by atoms with Crippen molar-refractivity contribution in [2.75, 3.05) is 6.61 Å². The van der Waals surface area contributed by atoms with Crippen LogP contribution in [0.4, 0.5) is 0 Å². The van der Waals surface area contributed by atoms with Crippen LogP contribution in [0.2, 0.25) is 0 Å². The molecule has 0 N–H and O–H groups in total. The Labute approximate surface area is 176 Å². The molecule has 0 bridgehead atoms. The number of sulfonamides is 1. The summed E-state index contributed by atoms with van der Waals surface area (Å²) >= 11 is 1.35. The van der Waals surface area contributed by atoms with Crippen molar-refractivity contribution in [1.29, 1.82) is 0 Å². The van der Waals surface area contributed by atoms with Crippen LogP contribution in [0.3, 0.4) is 0 Å². The largest absolute Gasteiger partial charge is 0.493 e. The Morgan fingerprint density at radius 3 is 2.82 bits per heavy atom. The second-order valence-electron chi connectivity index (χ2n) is 6.36. The van der Waals surface area contributed by atoms with Crippen molar-refractivity contribution >= 4 is 44.2 Å². The molecule has 6 nitrogen and oxygen atoms in total. The summed E-state index contributed by atoms with van der Waals surface area (Å²) in [5, 5.41) is 2.46. The van der Waals surface area contributed by atoms with Gasteiger partial charge in [0.25, 0.3) is 15.9 Å². The fraction of sp³-hybridized carbons (Fsp3) is 0.158. The first-order valence-corrected chi connectivity index (χ1v) is 10.7. The molecule has 28 heavy (non-hydrogen) atoms. The van der Waals surface area contributed by atoms with Gasteiger partial charge in [0, 0.05) is 17.4 Å². The van der Waals surface area contributed by atoms with Gasteiger partial charge in [-0.1, -0.05) is 12.1 Å². The van der Waals surface area contributed by atoms with E-state index in [1.54, 1.807) is 12.1 Å². The lowest BCUT2D eigenvalue weighted by Crippen LogP contribution is -2.29. The Morgan fingerprint density at radius 1 is 1.18 bits per heavy atom. The quantitative estimate of drug-likeness (QED) is 0.573. The van der Waals surface area contributed by atoms with Gasteiger partial charge in [-0.2, -0.15) is 0 Å². The molecule has 0 fully saturated rings. The van der Waals surface area contributed by atoms with Crippen LogP contribution in [-0.2, 0) is 23.0 Å². The van der Waals surface area contributed by atoms with Crippen LogP contribution in [0.1, 0.15) is 20.9 Å². The van der Waals surface area contributed by atoms with E-state index in [0.717, 1.165) is 33.3 Å². The molecule has 9 heteroatoms. The van der Waals surface area contributed by atoms with E-state index in [1.165, 1.54) is 23.5 Å². The van der Waals surface area contributed by atoms with Crippen LogP contribution >= 0.6 is 28.3 Å². The van der Waals surface area contributed by atoms with Crippen molar-refractivity contribution in [3.8, 4) is 17.0 Å². The molecule has 3 aromatic rings. The molecule has 0 saturated heterocycles. The van der Waals surface area contributed by atoms with Gasteiger partial charge >= 0.3 is 0 Å². The van der Waals surface area contributed by atoms with E-state index < -0.39 is 15.9 Å². The second kappa shape index (κ2) is 6.98. The lowest BCUT2D eigenvalue weighted by Gasteiger charge is -2.12. The topological polar surface area (TPSA) is 76.6 Å². The summed E-state index contributed by atoms with van der Waals surface area (Å²) in [7, 11) is -3.82. The average molecular weight is 479 g/mol. The number of halogens is 1. The fourth-order valence-corrected chi connectivity index (χ4v) is 5.78. The number of thiazole rings is 1. The number of carbonyl (C=O) groups is 1. The van der Waals surface area contributed by atoms with E-state index in [4.69, 9.17) is 4.74 Å². The molecule has 0 saturated carbocycles. The van der Waals surface area contributed by atoms with Gasteiger partial charge in [0.15, 0.2) is 0 Å². The van der Waals surface area contributed by atoms with Crippen molar-refractivity contribution in [2.45, 2.75) is 17.9 Å². The SMILES string of the molecule is Br.O=C1c2ccccc2S(=O)(=O)N1Cc1nc(-c2ccc3c(c2)CCO3)cs1. The number of amides is 1. The predicted molar refractivity (Wildman–Crippen MR) is 111 cm³/mol. The zero-order chi connectivity index (χ0) is 18.6. The van der Waals surface area contributed by atoms with E-state index in [0.29, 0.717) is 11.6 Å². The summed E-state index contributed by atoms with van der Waals surface area (Å²) < 4.78 is 31.8. The van der Waals surface area contributed by atoms with Gasteiger partial charge < -0.3 is 4.74 Å². The number of hydrogen-bond donors (Lipinski definition) is 0. The summed E-state index contributed by atoms with van der Waals surface area (Å²) in [5.74, 6) is 0.401. The minimum absolute atomic E-state index is 0. The Balaban J connectivity index is 0.00000192. The number of aromatic nitrogens is 1. The number of benzene rings is 2. The van der Waals surface area contributed by atoms with E-state index in [9.17, 15) is 13.2 Å². The molecule has 2 aromatic carbocycles. The van der Waals surface area contributed by atoms with Gasteiger partial charge in [0.2, 0.25) is 0 Å². The van der Waals surface area contributed by atoms with Gasteiger partial charge in [0.05, 0.1) is 24.4 Å². The fourth-order valence-electron chi connectivity index (χ4n) is 3.37. The molecule has 144 valence electrons. The minimum Gasteiger partial charge on any atom is -0.493 e. The van der Waals surface area contributed by atoms with Crippen molar-refractivity contribution < 1.29 is 17.9 Å². The van der Waals surface area contributed by atoms with Crippen LogP contribution < -0.4 is 4.74 Å². The molecular weight excluding hydrogens is 464 g/mol. The highest BCUT2D eigenvalue weighted by Gasteiger charge is 2.41. The van der Waals surface area contributed by atoms with Crippen molar-refractivity contribution in [1.82, 2.24) is 9.29 Å². The first kappa shape index (κ1) is 19.1. The number of hydrogen-bond acceptors (Lipinski definition) is 6. The van der Waals surface area contributed by atoms with Crippen molar-refractivity contribution in [3.05, 3.63) is 64.0 Å². The maximum Gasteiger partial charge on any atom is 0.269 e. The highest BCUT2D eigenvalue weighted by atomic mass is 79.9. The summed E-state index contributed by atoms with van der Waals surface area (Å²) in [4.78, 5) is 17.1. The molecular formula is C19H15BrN2O4S2. The molecule has 3 heterocycles. The van der Waals surface area contributed by atoms with Crippen LogP contribution in [0.15, 0.2) is 52.7 Å². The second-order valence-corrected chi connectivity index (χ2v) is 9.13. The lowest BCUT2D eigenvalue weighted by atomic mass is 10.1. The summed E-state index contributed by atoms with van der Waals surface area (Å²) in [5.41, 5.74) is 3.09. The zero-order valence-electron chi connectivity index (χ0n) is 14.5. The molecule has 0 radical (unpaired) electrons. The molecule has 2 aliphatic rings. The number of nitrogens with zero attached hydrogens (tertiary/aromatic N) is 2. The van der Waals surface area contributed by atoms with E-state index >= 15 is 0 Å². The van der Waals surface area contributed by atoms with E-state index in [1.807, 2.05) is 17.5 Å². The zero-order valence-corrected chi connectivity index (χ0v) is 17.8. The minimum atomic E-state index is -3.82. The van der Waals surface area contributed by atoms with Gasteiger partial charge in [-0.05, 0) is 35.9 Å². The Morgan fingerprint density at radius 2 is 2.00 bits per heavy atom. The Bertz CT molecular complexity index is 1190. The number of carbonyl (C=O) groups excluding carboxylic acids is 1. The third kappa shape index (κ3) is 2.94. The smallest absolute Gasteiger partial charge is 0.269 e. The maximum absolute atomic E-state index is 12.7. The number of ether oxygens (including phenoxy) is 1. The Kier molecular flexibility index (Phi) is 4.76. The molecule has 0 spiro atoms. The maximum atomic E-state index is 12.7. The summed E-state index contributed by atoms with van der Waals surface area (Å²) in [6.45, 7) is 0.630. The predicted octanol–water partition coefficient (Wildman–Crippen LogP) is 3.67. The van der Waals surface area contributed by atoms with Crippen LogP contribution in [0, 0.1) is 0 Å². The number of rotatable bonds is 3. The van der Waals surface area contributed by atoms with E-state index in [-0.39, 0.29) is 34.0 Å². The van der Waals surface area contributed by atoms with Crippen LogP contribution in [-0.4, -0.2) is 30.2 Å². The normalized spacial score (nSPS) is 16.3. The monoisotopic (exact) mass is 478 g/mol. The first-order chi connectivity index (χ1) is 13.0. The molecule has 0 aliphatic carbocycles. The van der Waals surface area contributed by atoms with Gasteiger partial charge in [0.1, 0.15) is 15.7 Å². The number of fused-ring (bicyclic) bond motifs is 2. The lowest BCUT2D eigenvalue weighted by molar-refractivity contribution is 0.0865. The van der Waals surface area contributed by atoms with Gasteiger partial charge in [-0.25, -0.2) is 17.7 Å². The van der Waals surface area contributed by atoms with Gasteiger partial charge in [-0.3, -0.25) is 4.79 Å². The van der Waals surface area contributed by atoms with Crippen molar-refractivity contribution in [2.24, 2.45) is 0 Å². The highest BCUT2D eigenvalue weighted by molar-refractivity contribution is 8.93. The Hall–Kier alpha value is -2.23. The molecule has 2 aliphatic heterocycles.